The van der Waals surface area contributed by atoms with Crippen molar-refractivity contribution in [3.63, 3.8) is 0 Å². The summed E-state index contributed by atoms with van der Waals surface area (Å²) in [6, 6.07) is 20.6. The van der Waals surface area contributed by atoms with Gasteiger partial charge in [0.2, 0.25) is 0 Å². The Balaban J connectivity index is 1.45. The number of hydrogen-bond donors (Lipinski definition) is 3. The standard InChI is InChI=1S/C27H28ClN3O3S/c1-2-3-4-5-17-34-24-15-9-19(10-16-24)25(32)31-27(35)30-23-13-11-22(12-14-23)29-26(33)20-7-6-8-21(28)18-20/h6-16,18H,2-5,17H2,1H3,(H,29,33)(H2,30,31,32,35). The lowest BCUT2D eigenvalue weighted by Gasteiger charge is -2.11. The van der Waals surface area contributed by atoms with Crippen molar-refractivity contribution in [3.8, 4) is 5.75 Å². The molecule has 0 heterocycles. The predicted octanol–water partition coefficient (Wildman–Crippen LogP) is 6.68. The molecule has 8 heteroatoms. The molecule has 3 aromatic rings. The summed E-state index contributed by atoms with van der Waals surface area (Å²) in [4.78, 5) is 24.8. The lowest BCUT2D eigenvalue weighted by atomic mass is 10.2. The van der Waals surface area contributed by atoms with Crippen molar-refractivity contribution in [1.82, 2.24) is 5.32 Å². The summed E-state index contributed by atoms with van der Waals surface area (Å²) in [6.45, 7) is 2.84. The number of halogens is 1. The third-order valence-electron chi connectivity index (χ3n) is 5.10. The molecule has 0 saturated heterocycles. The molecular formula is C27H28ClN3O3S. The lowest BCUT2D eigenvalue weighted by Crippen LogP contribution is -2.34. The number of anilines is 2. The van der Waals surface area contributed by atoms with Crippen LogP contribution in [0.3, 0.4) is 0 Å². The molecule has 0 bridgehead atoms. The summed E-state index contributed by atoms with van der Waals surface area (Å²) < 4.78 is 5.71. The van der Waals surface area contributed by atoms with E-state index in [1.165, 1.54) is 12.8 Å². The van der Waals surface area contributed by atoms with Crippen molar-refractivity contribution in [2.45, 2.75) is 32.6 Å². The molecule has 0 fully saturated rings. The van der Waals surface area contributed by atoms with Gasteiger partial charge >= 0.3 is 0 Å². The predicted molar refractivity (Wildman–Crippen MR) is 146 cm³/mol. The highest BCUT2D eigenvalue weighted by Gasteiger charge is 2.10. The van der Waals surface area contributed by atoms with Crippen LogP contribution >= 0.6 is 23.8 Å². The van der Waals surface area contributed by atoms with E-state index in [1.54, 1.807) is 72.8 Å². The second-order valence-corrected chi connectivity index (χ2v) is 8.73. The Labute approximate surface area is 216 Å². The molecule has 6 nitrogen and oxygen atoms in total. The molecule has 0 atom stereocenters. The average Bonchev–Trinajstić information content (AvgIpc) is 2.85. The van der Waals surface area contributed by atoms with Crippen LogP contribution in [0.15, 0.2) is 72.8 Å². The van der Waals surface area contributed by atoms with E-state index in [1.807, 2.05) is 0 Å². The van der Waals surface area contributed by atoms with Crippen LogP contribution in [0.2, 0.25) is 5.02 Å². The Kier molecular flexibility index (Phi) is 10.1. The molecule has 0 saturated carbocycles. The summed E-state index contributed by atoms with van der Waals surface area (Å²) >= 11 is 11.2. The van der Waals surface area contributed by atoms with E-state index < -0.39 is 0 Å². The minimum Gasteiger partial charge on any atom is -0.494 e. The van der Waals surface area contributed by atoms with Crippen LogP contribution in [0, 0.1) is 0 Å². The maximum absolute atomic E-state index is 12.5. The Morgan fingerprint density at radius 3 is 2.17 bits per heavy atom. The van der Waals surface area contributed by atoms with E-state index >= 15 is 0 Å². The Morgan fingerprint density at radius 1 is 0.829 bits per heavy atom. The van der Waals surface area contributed by atoms with E-state index in [0.717, 1.165) is 18.6 Å². The molecule has 0 spiro atoms. The monoisotopic (exact) mass is 509 g/mol. The number of ether oxygens (including phenoxy) is 1. The van der Waals surface area contributed by atoms with Gasteiger partial charge in [-0.3, -0.25) is 14.9 Å². The number of carbonyl (C=O) groups is 2. The summed E-state index contributed by atoms with van der Waals surface area (Å²) in [7, 11) is 0. The smallest absolute Gasteiger partial charge is 0.257 e. The highest BCUT2D eigenvalue weighted by Crippen LogP contribution is 2.17. The molecule has 0 radical (unpaired) electrons. The molecule has 0 aliphatic rings. The molecule has 2 amide bonds. The third-order valence-corrected chi connectivity index (χ3v) is 5.54. The van der Waals surface area contributed by atoms with Crippen molar-refractivity contribution in [1.29, 1.82) is 0 Å². The van der Waals surface area contributed by atoms with Gasteiger partial charge in [0.05, 0.1) is 6.61 Å². The fourth-order valence-electron chi connectivity index (χ4n) is 3.23. The van der Waals surface area contributed by atoms with Crippen LogP contribution in [0.25, 0.3) is 0 Å². The van der Waals surface area contributed by atoms with Gasteiger partial charge in [-0.05, 0) is 85.4 Å². The molecule has 0 aromatic heterocycles. The maximum atomic E-state index is 12.5. The van der Waals surface area contributed by atoms with Gasteiger partial charge in [0.15, 0.2) is 5.11 Å². The second kappa shape index (κ2) is 13.5. The number of benzene rings is 3. The van der Waals surface area contributed by atoms with Gasteiger partial charge in [-0.25, -0.2) is 0 Å². The first-order chi connectivity index (χ1) is 16.9. The van der Waals surface area contributed by atoms with Gasteiger partial charge in [0.1, 0.15) is 5.75 Å². The van der Waals surface area contributed by atoms with E-state index in [0.29, 0.717) is 34.1 Å². The fourth-order valence-corrected chi connectivity index (χ4v) is 3.63. The normalized spacial score (nSPS) is 10.3. The lowest BCUT2D eigenvalue weighted by molar-refractivity contribution is 0.0976. The number of nitrogens with one attached hydrogen (secondary N) is 3. The Bertz CT molecular complexity index is 1150. The SMILES string of the molecule is CCCCCCOc1ccc(C(=O)NC(=S)Nc2ccc(NC(=O)c3cccc(Cl)c3)cc2)cc1. The molecule has 182 valence electrons. The minimum atomic E-state index is -0.317. The molecule has 3 rings (SSSR count). The van der Waals surface area contributed by atoms with Crippen molar-refractivity contribution in [2.24, 2.45) is 0 Å². The van der Waals surface area contributed by atoms with Crippen LogP contribution in [0.1, 0.15) is 53.3 Å². The molecule has 0 aliphatic heterocycles. The molecule has 0 unspecified atom stereocenters. The summed E-state index contributed by atoms with van der Waals surface area (Å²) in [5.41, 5.74) is 2.23. The molecule has 0 aliphatic carbocycles. The number of carbonyl (C=O) groups excluding carboxylic acids is 2. The Morgan fingerprint density at radius 2 is 1.51 bits per heavy atom. The number of thiocarbonyl (C=S) groups is 1. The van der Waals surface area contributed by atoms with E-state index in [4.69, 9.17) is 28.6 Å². The maximum Gasteiger partial charge on any atom is 0.257 e. The van der Waals surface area contributed by atoms with Crippen molar-refractivity contribution < 1.29 is 14.3 Å². The summed E-state index contributed by atoms with van der Waals surface area (Å²) in [5, 5.41) is 9.10. The molecular weight excluding hydrogens is 482 g/mol. The highest BCUT2D eigenvalue weighted by molar-refractivity contribution is 7.80. The van der Waals surface area contributed by atoms with Gasteiger partial charge in [-0.15, -0.1) is 0 Å². The fraction of sp³-hybridized carbons (Fsp3) is 0.222. The van der Waals surface area contributed by atoms with Crippen LogP contribution in [-0.2, 0) is 0 Å². The van der Waals surface area contributed by atoms with Crippen molar-refractivity contribution >= 4 is 52.1 Å². The first-order valence-electron chi connectivity index (χ1n) is 11.5. The zero-order valence-corrected chi connectivity index (χ0v) is 21.0. The molecule has 3 aromatic carbocycles. The number of unbranched alkanes of at least 4 members (excludes halogenated alkanes) is 3. The van der Waals surface area contributed by atoms with Crippen molar-refractivity contribution in [3.05, 3.63) is 88.9 Å². The minimum absolute atomic E-state index is 0.168. The average molecular weight is 510 g/mol. The van der Waals surface area contributed by atoms with Gasteiger partial charge in [0, 0.05) is 27.5 Å². The van der Waals surface area contributed by atoms with Crippen LogP contribution in [0.5, 0.6) is 5.75 Å². The number of amides is 2. The van der Waals surface area contributed by atoms with Crippen molar-refractivity contribution in [2.75, 3.05) is 17.2 Å². The van der Waals surface area contributed by atoms with Gasteiger partial charge < -0.3 is 15.4 Å². The third kappa shape index (κ3) is 8.70. The van der Waals surface area contributed by atoms with Crippen LogP contribution in [0.4, 0.5) is 11.4 Å². The largest absolute Gasteiger partial charge is 0.494 e. The van der Waals surface area contributed by atoms with Crippen LogP contribution in [-0.4, -0.2) is 23.5 Å². The Hall–Kier alpha value is -3.42. The summed E-state index contributed by atoms with van der Waals surface area (Å²) in [6.07, 6.45) is 4.57. The number of hydrogen-bond acceptors (Lipinski definition) is 4. The first-order valence-corrected chi connectivity index (χ1v) is 12.3. The second-order valence-electron chi connectivity index (χ2n) is 7.88. The van der Waals surface area contributed by atoms with Gasteiger partial charge in [-0.1, -0.05) is 43.9 Å². The topological polar surface area (TPSA) is 79.5 Å². The quantitative estimate of drug-likeness (QED) is 0.210. The zero-order valence-electron chi connectivity index (χ0n) is 19.5. The van der Waals surface area contributed by atoms with Gasteiger partial charge in [0.25, 0.3) is 11.8 Å². The van der Waals surface area contributed by atoms with E-state index in [-0.39, 0.29) is 16.9 Å². The zero-order chi connectivity index (χ0) is 25.0. The summed E-state index contributed by atoms with van der Waals surface area (Å²) in [5.74, 6) is 0.160. The highest BCUT2D eigenvalue weighted by atomic mass is 35.5. The van der Waals surface area contributed by atoms with Gasteiger partial charge in [-0.2, -0.15) is 0 Å². The first kappa shape index (κ1) is 26.2. The molecule has 3 N–H and O–H groups in total. The molecule has 35 heavy (non-hydrogen) atoms. The van der Waals surface area contributed by atoms with E-state index in [2.05, 4.69) is 22.9 Å². The van der Waals surface area contributed by atoms with Crippen LogP contribution < -0.4 is 20.7 Å². The van der Waals surface area contributed by atoms with E-state index in [9.17, 15) is 9.59 Å². The number of rotatable bonds is 10.